The third-order valence-electron chi connectivity index (χ3n) is 3.81. The highest BCUT2D eigenvalue weighted by molar-refractivity contribution is 5.92. The number of likely N-dealkylation sites (tertiary alicyclic amines) is 1. The van der Waals surface area contributed by atoms with E-state index in [1.165, 1.54) is 37.9 Å². The van der Waals surface area contributed by atoms with Crippen LogP contribution in [0.5, 0.6) is 0 Å². The van der Waals surface area contributed by atoms with Gasteiger partial charge in [0.1, 0.15) is 6.54 Å². The molecule has 1 aromatic rings. The van der Waals surface area contributed by atoms with Gasteiger partial charge in [-0.05, 0) is 37.8 Å². The van der Waals surface area contributed by atoms with E-state index in [1.807, 2.05) is 24.3 Å². The number of benzene rings is 1. The van der Waals surface area contributed by atoms with Crippen LogP contribution in [-0.2, 0) is 16.1 Å². The first-order valence-corrected chi connectivity index (χ1v) is 7.56. The van der Waals surface area contributed by atoms with Crippen molar-refractivity contribution in [2.45, 2.75) is 38.6 Å². The molecule has 2 rings (SSSR count). The normalized spacial score (nSPS) is 15.6. The Morgan fingerprint density at radius 2 is 1.71 bits per heavy atom. The van der Waals surface area contributed by atoms with Gasteiger partial charge in [-0.2, -0.15) is 0 Å². The van der Waals surface area contributed by atoms with Crippen LogP contribution in [0.1, 0.15) is 37.7 Å². The molecule has 0 bridgehead atoms. The summed E-state index contributed by atoms with van der Waals surface area (Å²) in [4.78, 5) is 23.4. The average Bonchev–Trinajstić information content (AvgIpc) is 2.48. The lowest BCUT2D eigenvalue weighted by atomic mass is 10.1. The van der Waals surface area contributed by atoms with Crippen molar-refractivity contribution in [3.63, 3.8) is 0 Å². The minimum absolute atomic E-state index is 0.0536. The van der Waals surface area contributed by atoms with Crippen molar-refractivity contribution in [2.24, 2.45) is 0 Å². The largest absolute Gasteiger partial charge is 0.550 e. The van der Waals surface area contributed by atoms with E-state index in [1.54, 1.807) is 4.90 Å². The van der Waals surface area contributed by atoms with Gasteiger partial charge >= 0.3 is 0 Å². The van der Waals surface area contributed by atoms with Gasteiger partial charge in [0.05, 0.1) is 13.1 Å². The quantitative estimate of drug-likeness (QED) is 0.757. The third kappa shape index (κ3) is 5.55. The van der Waals surface area contributed by atoms with Crippen LogP contribution in [0.3, 0.4) is 0 Å². The summed E-state index contributed by atoms with van der Waals surface area (Å²) in [5.41, 5.74) is 1.97. The van der Waals surface area contributed by atoms with Crippen LogP contribution in [0, 0.1) is 0 Å². The molecular weight excluding hydrogens is 268 g/mol. The van der Waals surface area contributed by atoms with Gasteiger partial charge in [-0.1, -0.05) is 12.1 Å². The maximum Gasteiger partial charge on any atom is 0.224 e. The predicted molar refractivity (Wildman–Crippen MR) is 77.6 cm³/mol. The van der Waals surface area contributed by atoms with Crippen LogP contribution in [0.25, 0.3) is 0 Å². The fourth-order valence-corrected chi connectivity index (χ4v) is 2.66. The molecule has 0 atom stereocenters. The van der Waals surface area contributed by atoms with Gasteiger partial charge in [0, 0.05) is 23.6 Å². The number of quaternary nitrogens is 1. The van der Waals surface area contributed by atoms with Crippen molar-refractivity contribution < 1.29 is 19.6 Å². The van der Waals surface area contributed by atoms with Crippen molar-refractivity contribution in [1.29, 1.82) is 0 Å². The summed E-state index contributed by atoms with van der Waals surface area (Å²) in [7, 11) is 0. The molecule has 0 aromatic heterocycles. The lowest BCUT2D eigenvalue weighted by Crippen LogP contribution is -3.11. The molecule has 114 valence electrons. The molecule has 0 saturated carbocycles. The number of carbonyl (C=O) groups excluding carboxylic acids is 2. The molecule has 1 amide bonds. The number of carboxylic acids is 1. The van der Waals surface area contributed by atoms with E-state index >= 15 is 0 Å². The molecule has 1 heterocycles. The van der Waals surface area contributed by atoms with Crippen LogP contribution in [0.4, 0.5) is 5.69 Å². The summed E-state index contributed by atoms with van der Waals surface area (Å²) in [6.07, 6.45) is 3.66. The zero-order valence-electron chi connectivity index (χ0n) is 12.2. The number of anilines is 1. The molecule has 1 aromatic carbocycles. The molecule has 0 aliphatic carbocycles. The number of nitrogens with one attached hydrogen (secondary N) is 2. The van der Waals surface area contributed by atoms with E-state index in [9.17, 15) is 14.7 Å². The molecule has 0 radical (unpaired) electrons. The first-order chi connectivity index (χ1) is 10.1. The molecular formula is C16H22N2O3. The summed E-state index contributed by atoms with van der Waals surface area (Å²) in [5, 5.41) is 13.0. The number of aliphatic carboxylic acids is 1. The molecule has 1 aliphatic rings. The number of piperidine rings is 1. The number of rotatable bonds is 6. The molecule has 21 heavy (non-hydrogen) atoms. The third-order valence-corrected chi connectivity index (χ3v) is 3.81. The van der Waals surface area contributed by atoms with Crippen LogP contribution in [-0.4, -0.2) is 25.0 Å². The molecule has 1 aliphatic heterocycles. The van der Waals surface area contributed by atoms with E-state index in [-0.39, 0.29) is 18.7 Å². The van der Waals surface area contributed by atoms with Gasteiger partial charge in [0.15, 0.2) is 0 Å². The Bertz CT molecular complexity index is 479. The van der Waals surface area contributed by atoms with E-state index in [0.717, 1.165) is 6.54 Å². The fraction of sp³-hybridized carbons (Fsp3) is 0.500. The Balaban J connectivity index is 1.80. The van der Waals surface area contributed by atoms with E-state index < -0.39 is 5.97 Å². The average molecular weight is 290 g/mol. The highest BCUT2D eigenvalue weighted by atomic mass is 16.4. The van der Waals surface area contributed by atoms with Crippen LogP contribution in [0.2, 0.25) is 0 Å². The monoisotopic (exact) mass is 290 g/mol. The number of carbonyl (C=O) groups is 2. The minimum Gasteiger partial charge on any atom is -0.550 e. The number of amides is 1. The highest BCUT2D eigenvalue weighted by Crippen LogP contribution is 2.10. The molecule has 1 fully saturated rings. The molecule has 1 saturated heterocycles. The maximum absolute atomic E-state index is 11.5. The molecule has 5 heteroatoms. The van der Waals surface area contributed by atoms with Crippen LogP contribution < -0.4 is 15.3 Å². The molecule has 5 nitrogen and oxygen atoms in total. The molecule has 0 spiro atoms. The SMILES string of the molecule is O=C([O-])CCC(=O)Nc1ccc(C[NH+]2CCCCC2)cc1. The molecule has 2 N–H and O–H groups in total. The van der Waals surface area contributed by atoms with Gasteiger partial charge in [-0.25, -0.2) is 0 Å². The molecule has 0 unspecified atom stereocenters. The van der Waals surface area contributed by atoms with Crippen LogP contribution >= 0.6 is 0 Å². The predicted octanol–water partition coefficient (Wildman–Crippen LogP) is -0.276. The summed E-state index contributed by atoms with van der Waals surface area (Å²) in [5.74, 6) is -1.50. The smallest absolute Gasteiger partial charge is 0.224 e. The maximum atomic E-state index is 11.5. The number of carboxylic acid groups (broad SMARTS) is 1. The Kier molecular flexibility index (Phi) is 5.75. The standard InChI is InChI=1S/C16H22N2O3/c19-15(8-9-16(20)21)17-14-6-4-13(5-7-14)12-18-10-2-1-3-11-18/h4-7H,1-3,8-12H2,(H,17,19)(H,20,21). The van der Waals surface area contributed by atoms with Gasteiger partial charge < -0.3 is 20.1 Å². The Morgan fingerprint density at radius 3 is 2.33 bits per heavy atom. The first kappa shape index (κ1) is 15.5. The van der Waals surface area contributed by atoms with Gasteiger partial charge in [-0.3, -0.25) is 4.79 Å². The number of hydrogen-bond acceptors (Lipinski definition) is 3. The zero-order chi connectivity index (χ0) is 15.1. The van der Waals surface area contributed by atoms with Crippen molar-refractivity contribution in [3.05, 3.63) is 29.8 Å². The topological polar surface area (TPSA) is 73.7 Å². The lowest BCUT2D eigenvalue weighted by Gasteiger charge is -2.23. The minimum atomic E-state index is -1.20. The Hall–Kier alpha value is -1.88. The lowest BCUT2D eigenvalue weighted by molar-refractivity contribution is -0.918. The number of hydrogen-bond donors (Lipinski definition) is 2. The summed E-state index contributed by atoms with van der Waals surface area (Å²) in [6, 6.07) is 7.79. The van der Waals surface area contributed by atoms with Crippen molar-refractivity contribution in [1.82, 2.24) is 0 Å². The zero-order valence-corrected chi connectivity index (χ0v) is 12.2. The second kappa shape index (κ2) is 7.78. The van der Waals surface area contributed by atoms with Crippen molar-refractivity contribution >= 4 is 17.6 Å². The summed E-state index contributed by atoms with van der Waals surface area (Å²) in [6.45, 7) is 3.50. The van der Waals surface area contributed by atoms with Crippen molar-refractivity contribution in [2.75, 3.05) is 18.4 Å². The van der Waals surface area contributed by atoms with Crippen LogP contribution in [0.15, 0.2) is 24.3 Å². The van der Waals surface area contributed by atoms with Crippen molar-refractivity contribution in [3.8, 4) is 0 Å². The Morgan fingerprint density at radius 1 is 1.05 bits per heavy atom. The van der Waals surface area contributed by atoms with E-state index in [4.69, 9.17) is 0 Å². The summed E-state index contributed by atoms with van der Waals surface area (Å²) < 4.78 is 0. The van der Waals surface area contributed by atoms with E-state index in [2.05, 4.69) is 5.32 Å². The van der Waals surface area contributed by atoms with E-state index in [0.29, 0.717) is 5.69 Å². The second-order valence-electron chi connectivity index (χ2n) is 5.60. The summed E-state index contributed by atoms with van der Waals surface area (Å²) >= 11 is 0. The first-order valence-electron chi connectivity index (χ1n) is 7.56. The Labute approximate surface area is 125 Å². The fourth-order valence-electron chi connectivity index (χ4n) is 2.66. The second-order valence-corrected chi connectivity index (χ2v) is 5.60. The van der Waals surface area contributed by atoms with Gasteiger partial charge in [0.2, 0.25) is 5.91 Å². The highest BCUT2D eigenvalue weighted by Gasteiger charge is 2.13. The van der Waals surface area contributed by atoms with Gasteiger partial charge in [-0.15, -0.1) is 0 Å². The van der Waals surface area contributed by atoms with Gasteiger partial charge in [0.25, 0.3) is 0 Å².